The molecular formula is C19H20N4O6. The molecule has 0 atom stereocenters. The molecule has 0 spiro atoms. The number of hydrogen-bond donors (Lipinski definition) is 2. The van der Waals surface area contributed by atoms with Crippen molar-refractivity contribution in [2.75, 3.05) is 19.5 Å². The zero-order valence-electron chi connectivity index (χ0n) is 16.1. The van der Waals surface area contributed by atoms with Crippen molar-refractivity contribution in [3.8, 4) is 11.5 Å². The minimum Gasteiger partial charge on any atom is -0.497 e. The number of nitro groups is 1. The van der Waals surface area contributed by atoms with Crippen molar-refractivity contribution in [2.24, 2.45) is 5.10 Å². The van der Waals surface area contributed by atoms with Crippen LogP contribution in [0.1, 0.15) is 23.7 Å². The van der Waals surface area contributed by atoms with Gasteiger partial charge in [-0.2, -0.15) is 5.10 Å². The van der Waals surface area contributed by atoms with E-state index in [0.29, 0.717) is 22.8 Å². The van der Waals surface area contributed by atoms with Crippen LogP contribution >= 0.6 is 0 Å². The summed E-state index contributed by atoms with van der Waals surface area (Å²) in [5.41, 5.74) is 2.80. The Morgan fingerprint density at radius 1 is 1.07 bits per heavy atom. The third kappa shape index (κ3) is 6.03. The standard InChI is InChI=1S/C19H20N4O6/c1-12(21-22-19(25)13-4-6-14(28-2)7-5-13)10-18(24)20-16-9-8-15(29-3)11-17(16)23(26)27/h4-9,11H,10H2,1-3H3,(H,20,24)(H,22,25)/b21-12+. The second-order valence-electron chi connectivity index (χ2n) is 5.88. The molecule has 0 aliphatic heterocycles. The monoisotopic (exact) mass is 400 g/mol. The maximum atomic E-state index is 12.2. The number of ether oxygens (including phenoxy) is 2. The van der Waals surface area contributed by atoms with E-state index in [0.717, 1.165) is 0 Å². The average molecular weight is 400 g/mol. The van der Waals surface area contributed by atoms with Crippen LogP contribution in [0.5, 0.6) is 11.5 Å². The van der Waals surface area contributed by atoms with Gasteiger partial charge in [-0.3, -0.25) is 19.7 Å². The minimum atomic E-state index is -0.617. The Kier molecular flexibility index (Phi) is 7.24. The van der Waals surface area contributed by atoms with Crippen LogP contribution in [0.3, 0.4) is 0 Å². The number of anilines is 1. The van der Waals surface area contributed by atoms with E-state index in [1.165, 1.54) is 32.4 Å². The molecule has 0 radical (unpaired) electrons. The topological polar surface area (TPSA) is 132 Å². The molecular weight excluding hydrogens is 380 g/mol. The molecule has 0 aliphatic rings. The first-order valence-electron chi connectivity index (χ1n) is 8.44. The first kappa shape index (κ1) is 21.4. The van der Waals surface area contributed by atoms with Gasteiger partial charge in [-0.15, -0.1) is 0 Å². The molecule has 0 aliphatic carbocycles. The van der Waals surface area contributed by atoms with E-state index in [2.05, 4.69) is 15.8 Å². The highest BCUT2D eigenvalue weighted by atomic mass is 16.6. The number of benzene rings is 2. The van der Waals surface area contributed by atoms with Crippen molar-refractivity contribution >= 4 is 28.9 Å². The molecule has 2 amide bonds. The van der Waals surface area contributed by atoms with Crippen molar-refractivity contribution in [1.82, 2.24) is 5.43 Å². The van der Waals surface area contributed by atoms with Gasteiger partial charge in [-0.05, 0) is 43.3 Å². The Bertz CT molecular complexity index is 940. The van der Waals surface area contributed by atoms with Crippen LogP contribution in [-0.2, 0) is 4.79 Å². The van der Waals surface area contributed by atoms with Crippen LogP contribution in [0.15, 0.2) is 47.6 Å². The summed E-state index contributed by atoms with van der Waals surface area (Å²) < 4.78 is 9.97. The SMILES string of the molecule is COc1ccc(C(=O)N/N=C(\C)CC(=O)Nc2ccc(OC)cc2[N+](=O)[O-])cc1. The Balaban J connectivity index is 1.97. The summed E-state index contributed by atoms with van der Waals surface area (Å²) in [5.74, 6) is -0.0457. The van der Waals surface area contributed by atoms with Crippen molar-refractivity contribution in [1.29, 1.82) is 0 Å². The summed E-state index contributed by atoms with van der Waals surface area (Å²) in [6.07, 6.45) is -0.161. The highest BCUT2D eigenvalue weighted by molar-refractivity contribution is 6.06. The molecule has 0 saturated heterocycles. The lowest BCUT2D eigenvalue weighted by Crippen LogP contribution is -2.21. The van der Waals surface area contributed by atoms with Crippen LogP contribution in [-0.4, -0.2) is 36.7 Å². The van der Waals surface area contributed by atoms with Crippen LogP contribution in [0.4, 0.5) is 11.4 Å². The summed E-state index contributed by atoms with van der Waals surface area (Å²) in [7, 11) is 2.91. The quantitative estimate of drug-likeness (QED) is 0.398. The summed E-state index contributed by atoms with van der Waals surface area (Å²) in [6.45, 7) is 1.55. The number of rotatable bonds is 8. The summed E-state index contributed by atoms with van der Waals surface area (Å²) >= 11 is 0. The van der Waals surface area contributed by atoms with Crippen LogP contribution in [0.2, 0.25) is 0 Å². The molecule has 2 N–H and O–H groups in total. The fourth-order valence-corrected chi connectivity index (χ4v) is 2.31. The van der Waals surface area contributed by atoms with E-state index in [9.17, 15) is 19.7 Å². The minimum absolute atomic E-state index is 0.0378. The number of nitro benzene ring substituents is 1. The zero-order valence-corrected chi connectivity index (χ0v) is 16.1. The molecule has 10 heteroatoms. The number of amides is 2. The zero-order chi connectivity index (χ0) is 21.4. The van der Waals surface area contributed by atoms with Crippen molar-refractivity contribution in [3.63, 3.8) is 0 Å². The number of methoxy groups -OCH3 is 2. The molecule has 2 aromatic rings. The molecule has 10 nitrogen and oxygen atoms in total. The Labute approximate surface area is 166 Å². The second-order valence-corrected chi connectivity index (χ2v) is 5.88. The fraction of sp³-hybridized carbons (Fsp3) is 0.211. The van der Waals surface area contributed by atoms with Crippen molar-refractivity contribution in [3.05, 3.63) is 58.1 Å². The molecule has 2 rings (SSSR count). The average Bonchev–Trinajstić information content (AvgIpc) is 2.72. The van der Waals surface area contributed by atoms with Gasteiger partial charge in [0.2, 0.25) is 5.91 Å². The van der Waals surface area contributed by atoms with Gasteiger partial charge >= 0.3 is 0 Å². The fourth-order valence-electron chi connectivity index (χ4n) is 2.31. The molecule has 0 unspecified atom stereocenters. The maximum Gasteiger partial charge on any atom is 0.296 e. The number of hydrazone groups is 1. The molecule has 0 bridgehead atoms. The largest absolute Gasteiger partial charge is 0.497 e. The van der Waals surface area contributed by atoms with Crippen LogP contribution in [0.25, 0.3) is 0 Å². The van der Waals surface area contributed by atoms with E-state index in [-0.39, 0.29) is 17.8 Å². The van der Waals surface area contributed by atoms with Gasteiger partial charge in [0, 0.05) is 11.3 Å². The third-order valence-corrected chi connectivity index (χ3v) is 3.79. The Hall–Kier alpha value is -3.95. The van der Waals surface area contributed by atoms with Gasteiger partial charge in [0.1, 0.15) is 17.2 Å². The lowest BCUT2D eigenvalue weighted by Gasteiger charge is -2.08. The smallest absolute Gasteiger partial charge is 0.296 e. The highest BCUT2D eigenvalue weighted by Crippen LogP contribution is 2.29. The molecule has 0 heterocycles. The van der Waals surface area contributed by atoms with Crippen molar-refractivity contribution in [2.45, 2.75) is 13.3 Å². The van der Waals surface area contributed by atoms with E-state index in [4.69, 9.17) is 9.47 Å². The molecule has 152 valence electrons. The molecule has 0 aromatic heterocycles. The molecule has 29 heavy (non-hydrogen) atoms. The lowest BCUT2D eigenvalue weighted by molar-refractivity contribution is -0.384. The normalized spacial score (nSPS) is 10.8. The Morgan fingerprint density at radius 2 is 1.69 bits per heavy atom. The van der Waals surface area contributed by atoms with Gasteiger partial charge in [-0.1, -0.05) is 0 Å². The second kappa shape index (κ2) is 9.83. The van der Waals surface area contributed by atoms with E-state index in [1.807, 2.05) is 0 Å². The van der Waals surface area contributed by atoms with Gasteiger partial charge < -0.3 is 14.8 Å². The van der Waals surface area contributed by atoms with E-state index < -0.39 is 16.7 Å². The maximum absolute atomic E-state index is 12.2. The predicted octanol–water partition coefficient (Wildman–Crippen LogP) is 2.75. The van der Waals surface area contributed by atoms with Gasteiger partial charge in [0.25, 0.3) is 11.6 Å². The van der Waals surface area contributed by atoms with Gasteiger partial charge in [0.15, 0.2) is 0 Å². The van der Waals surface area contributed by atoms with E-state index in [1.54, 1.807) is 31.2 Å². The van der Waals surface area contributed by atoms with Crippen LogP contribution in [0, 0.1) is 10.1 Å². The molecule has 2 aromatic carbocycles. The predicted molar refractivity (Wildman–Crippen MR) is 106 cm³/mol. The number of carbonyl (C=O) groups excluding carboxylic acids is 2. The number of nitrogens with zero attached hydrogens (tertiary/aromatic N) is 2. The molecule has 0 fully saturated rings. The lowest BCUT2D eigenvalue weighted by atomic mass is 10.2. The highest BCUT2D eigenvalue weighted by Gasteiger charge is 2.17. The number of hydrogen-bond acceptors (Lipinski definition) is 7. The summed E-state index contributed by atoms with van der Waals surface area (Å²) in [5, 5.41) is 17.5. The third-order valence-electron chi connectivity index (χ3n) is 3.79. The van der Waals surface area contributed by atoms with Crippen molar-refractivity contribution < 1.29 is 24.0 Å². The summed E-state index contributed by atoms with van der Waals surface area (Å²) in [4.78, 5) is 34.8. The first-order valence-corrected chi connectivity index (χ1v) is 8.44. The van der Waals surface area contributed by atoms with Gasteiger partial charge in [-0.25, -0.2) is 5.43 Å². The number of nitrogens with one attached hydrogen (secondary N) is 2. The summed E-state index contributed by atoms with van der Waals surface area (Å²) in [6, 6.07) is 10.5. The molecule has 0 saturated carbocycles. The van der Waals surface area contributed by atoms with Crippen LogP contribution < -0.4 is 20.2 Å². The van der Waals surface area contributed by atoms with Gasteiger partial charge in [0.05, 0.1) is 31.6 Å². The first-order chi connectivity index (χ1) is 13.8. The number of carbonyl (C=O) groups is 2. The van der Waals surface area contributed by atoms with E-state index >= 15 is 0 Å². The Morgan fingerprint density at radius 3 is 2.28 bits per heavy atom.